The molecule has 0 spiro atoms. The largest absolute Gasteiger partial charge is 1.00 e. The zero-order chi connectivity index (χ0) is 9.10. The molecule has 1 aromatic rings. The molecule has 2 nitrogen and oxygen atoms in total. The van der Waals surface area contributed by atoms with Crippen molar-refractivity contribution in [2.24, 2.45) is 0 Å². The fourth-order valence-electron chi connectivity index (χ4n) is 1.59. The van der Waals surface area contributed by atoms with Gasteiger partial charge in [0.15, 0.2) is 0 Å². The average Bonchev–Trinajstić information content (AvgIpc) is 2.20. The van der Waals surface area contributed by atoms with Crippen LogP contribution in [0, 0.1) is 0 Å². The number of rotatable bonds is 1. The number of hydrogen-bond acceptors (Lipinski definition) is 1. The van der Waals surface area contributed by atoms with Gasteiger partial charge in [-0.1, -0.05) is 15.9 Å². The standard InChI is InChI=1S/C10H12BrNO.2BrH/c11-9-1-3-10(4-2-9)12-5-7-13-8-6-12;;/h1-4H,5-8H2;2*1H/p-1. The smallest absolute Gasteiger partial charge is 0.131 e. The van der Waals surface area contributed by atoms with E-state index in [4.69, 9.17) is 4.74 Å². The second kappa shape index (κ2) is 7.79. The van der Waals surface area contributed by atoms with Gasteiger partial charge in [-0.25, -0.2) is 0 Å². The number of benzene rings is 1. The molecule has 0 radical (unpaired) electrons. The Morgan fingerprint density at radius 1 is 1.00 bits per heavy atom. The first-order valence-electron chi connectivity index (χ1n) is 4.54. The average molecular weight is 403 g/mol. The fraction of sp³-hybridized carbons (Fsp3) is 0.400. The van der Waals surface area contributed by atoms with Gasteiger partial charge in [0.25, 0.3) is 0 Å². The minimum atomic E-state index is 0. The van der Waals surface area contributed by atoms with E-state index in [1.54, 1.807) is 0 Å². The molecule has 1 fully saturated rings. The van der Waals surface area contributed by atoms with Gasteiger partial charge in [0.1, 0.15) is 18.8 Å². The highest BCUT2D eigenvalue weighted by Crippen LogP contribution is 2.11. The molecule has 1 aliphatic rings. The highest BCUT2D eigenvalue weighted by molar-refractivity contribution is 9.10. The Morgan fingerprint density at radius 3 is 2.07 bits per heavy atom. The summed E-state index contributed by atoms with van der Waals surface area (Å²) in [5.41, 5.74) is 1.37. The Morgan fingerprint density at radius 2 is 1.53 bits per heavy atom. The van der Waals surface area contributed by atoms with Gasteiger partial charge in [0, 0.05) is 16.6 Å². The van der Waals surface area contributed by atoms with Gasteiger partial charge in [-0.05, 0) is 12.1 Å². The normalized spacial score (nSPS) is 16.3. The van der Waals surface area contributed by atoms with Crippen molar-refractivity contribution in [2.75, 3.05) is 26.3 Å². The maximum Gasteiger partial charge on any atom is 0.131 e. The first-order chi connectivity index (χ1) is 6.36. The Bertz CT molecular complexity index is 273. The molecule has 0 atom stereocenters. The highest BCUT2D eigenvalue weighted by Gasteiger charge is 2.15. The molecule has 86 valence electrons. The molecule has 1 aromatic carbocycles. The van der Waals surface area contributed by atoms with E-state index in [1.165, 1.54) is 10.6 Å². The Hall–Kier alpha value is 0.580. The van der Waals surface area contributed by atoms with Gasteiger partial charge in [0.05, 0.1) is 13.2 Å². The zero-order valence-corrected chi connectivity index (χ0v) is 12.9. The molecule has 2 rings (SSSR count). The van der Waals surface area contributed by atoms with E-state index in [0.717, 1.165) is 30.8 Å². The Balaban J connectivity index is 0.000000980. The molecule has 0 saturated carbocycles. The van der Waals surface area contributed by atoms with Crippen LogP contribution >= 0.6 is 15.9 Å². The van der Waals surface area contributed by atoms with Crippen molar-refractivity contribution < 1.29 is 43.6 Å². The van der Waals surface area contributed by atoms with E-state index in [2.05, 4.69) is 40.2 Å². The van der Waals surface area contributed by atoms with Crippen LogP contribution in [0.15, 0.2) is 28.7 Å². The van der Waals surface area contributed by atoms with Crippen molar-refractivity contribution in [3.63, 3.8) is 0 Å². The van der Waals surface area contributed by atoms with E-state index in [9.17, 15) is 0 Å². The number of morpholine rings is 1. The topological polar surface area (TPSA) is 13.7 Å². The van der Waals surface area contributed by atoms with E-state index in [1.807, 2.05) is 0 Å². The fourth-order valence-corrected chi connectivity index (χ4v) is 1.86. The molecule has 0 aliphatic carbocycles. The van der Waals surface area contributed by atoms with Crippen LogP contribution in [-0.4, -0.2) is 26.3 Å². The van der Waals surface area contributed by atoms with Crippen molar-refractivity contribution in [1.82, 2.24) is 0 Å². The SMILES string of the molecule is Brc1ccc([NH+]2CCOCC2)cc1.[Br-].[Br-]. The predicted molar refractivity (Wildman–Crippen MR) is 55.3 cm³/mol. The van der Waals surface area contributed by atoms with Gasteiger partial charge in [-0.2, -0.15) is 0 Å². The summed E-state index contributed by atoms with van der Waals surface area (Å²) >= 11 is 3.44. The summed E-state index contributed by atoms with van der Waals surface area (Å²) in [5.74, 6) is 0. The molecule has 1 heterocycles. The van der Waals surface area contributed by atoms with Crippen LogP contribution in [-0.2, 0) is 4.74 Å². The van der Waals surface area contributed by atoms with Gasteiger partial charge in [-0.15, -0.1) is 0 Å². The van der Waals surface area contributed by atoms with E-state index >= 15 is 0 Å². The molecular formula is C10H13Br3NO-. The van der Waals surface area contributed by atoms with E-state index in [-0.39, 0.29) is 34.0 Å². The maximum absolute atomic E-state index is 5.31. The van der Waals surface area contributed by atoms with Crippen molar-refractivity contribution >= 4 is 21.6 Å². The predicted octanol–water partition coefficient (Wildman–Crippen LogP) is -5.00. The molecule has 1 aliphatic heterocycles. The molecule has 0 bridgehead atoms. The molecule has 0 aromatic heterocycles. The van der Waals surface area contributed by atoms with Gasteiger partial charge in [0.2, 0.25) is 0 Å². The summed E-state index contributed by atoms with van der Waals surface area (Å²) < 4.78 is 6.46. The molecule has 5 heteroatoms. The number of halogens is 3. The van der Waals surface area contributed by atoms with Crippen LogP contribution in [0.1, 0.15) is 0 Å². The van der Waals surface area contributed by atoms with Gasteiger partial charge in [-0.3, -0.25) is 4.90 Å². The summed E-state index contributed by atoms with van der Waals surface area (Å²) in [5, 5.41) is 0. The first kappa shape index (κ1) is 15.6. The zero-order valence-electron chi connectivity index (χ0n) is 8.18. The van der Waals surface area contributed by atoms with Crippen molar-refractivity contribution in [2.45, 2.75) is 0 Å². The highest BCUT2D eigenvalue weighted by atomic mass is 79.9. The third-order valence-electron chi connectivity index (χ3n) is 2.35. The molecule has 15 heavy (non-hydrogen) atoms. The van der Waals surface area contributed by atoms with Crippen molar-refractivity contribution in [1.29, 1.82) is 0 Å². The van der Waals surface area contributed by atoms with Crippen LogP contribution in [0.2, 0.25) is 0 Å². The van der Waals surface area contributed by atoms with Crippen LogP contribution < -0.4 is 38.9 Å². The van der Waals surface area contributed by atoms with Crippen LogP contribution in [0.25, 0.3) is 0 Å². The molecule has 1 N–H and O–H groups in total. The second-order valence-corrected chi connectivity index (χ2v) is 4.14. The lowest BCUT2D eigenvalue weighted by Crippen LogP contribution is -3.09. The number of nitrogens with one attached hydrogen (secondary N) is 1. The van der Waals surface area contributed by atoms with Crippen molar-refractivity contribution in [3.8, 4) is 0 Å². The first-order valence-corrected chi connectivity index (χ1v) is 5.34. The minimum absolute atomic E-state index is 0. The molecule has 0 amide bonds. The molecule has 0 unspecified atom stereocenters. The summed E-state index contributed by atoms with van der Waals surface area (Å²) in [4.78, 5) is 1.53. The third-order valence-corrected chi connectivity index (χ3v) is 2.88. The maximum atomic E-state index is 5.31. The number of ether oxygens (including phenoxy) is 1. The molecular weight excluding hydrogens is 390 g/mol. The lowest BCUT2D eigenvalue weighted by molar-refractivity contribution is -0.842. The van der Waals surface area contributed by atoms with Crippen molar-refractivity contribution in [3.05, 3.63) is 28.7 Å². The minimum Gasteiger partial charge on any atom is -1.00 e. The Kier molecular flexibility index (Phi) is 8.09. The third kappa shape index (κ3) is 4.53. The van der Waals surface area contributed by atoms with Crippen LogP contribution in [0.4, 0.5) is 5.69 Å². The molecule has 1 saturated heterocycles. The summed E-state index contributed by atoms with van der Waals surface area (Å²) in [7, 11) is 0. The van der Waals surface area contributed by atoms with Gasteiger partial charge >= 0.3 is 0 Å². The van der Waals surface area contributed by atoms with Gasteiger partial charge < -0.3 is 38.7 Å². The van der Waals surface area contributed by atoms with E-state index < -0.39 is 0 Å². The van der Waals surface area contributed by atoms with Crippen LogP contribution in [0.5, 0.6) is 0 Å². The second-order valence-electron chi connectivity index (χ2n) is 3.22. The lowest BCUT2D eigenvalue weighted by Gasteiger charge is -2.23. The summed E-state index contributed by atoms with van der Waals surface area (Å²) in [6.07, 6.45) is 0. The quantitative estimate of drug-likeness (QED) is 0.497. The summed E-state index contributed by atoms with van der Waals surface area (Å²) in [6, 6.07) is 8.53. The monoisotopic (exact) mass is 400 g/mol. The van der Waals surface area contributed by atoms with E-state index in [0.29, 0.717) is 0 Å². The van der Waals surface area contributed by atoms with Crippen LogP contribution in [0.3, 0.4) is 0 Å². The number of hydrogen-bond donors (Lipinski definition) is 1. The Labute approximate surface area is 120 Å². The summed E-state index contributed by atoms with van der Waals surface area (Å²) in [6.45, 7) is 3.93. The lowest BCUT2D eigenvalue weighted by atomic mass is 10.3. The number of quaternary nitrogens is 1.